The molecule has 0 spiro atoms. The lowest BCUT2D eigenvalue weighted by Gasteiger charge is -2.18. The molecule has 0 aromatic heterocycles. The molecule has 21 heavy (non-hydrogen) atoms. The van der Waals surface area contributed by atoms with E-state index in [1.54, 1.807) is 17.0 Å². The van der Waals surface area contributed by atoms with E-state index in [9.17, 15) is 9.59 Å². The van der Waals surface area contributed by atoms with E-state index in [2.05, 4.69) is 15.9 Å². The average molecular weight is 356 g/mol. The number of hydrogen-bond donors (Lipinski definition) is 1. The summed E-state index contributed by atoms with van der Waals surface area (Å²) >= 11 is 3.35. The van der Waals surface area contributed by atoms with Crippen LogP contribution in [0.15, 0.2) is 22.7 Å². The van der Waals surface area contributed by atoms with E-state index in [1.807, 2.05) is 6.07 Å². The second-order valence-electron chi connectivity index (χ2n) is 5.18. The van der Waals surface area contributed by atoms with Gasteiger partial charge in [-0.05, 0) is 37.0 Å². The maximum atomic E-state index is 12.5. The van der Waals surface area contributed by atoms with Gasteiger partial charge in [-0.3, -0.25) is 9.59 Å². The number of hydrogen-bond acceptors (Lipinski definition) is 3. The minimum atomic E-state index is -0.783. The van der Waals surface area contributed by atoms with Crippen molar-refractivity contribution in [3.63, 3.8) is 0 Å². The van der Waals surface area contributed by atoms with Crippen LogP contribution in [0.2, 0.25) is 0 Å². The SMILES string of the molecule is COc1cc(Br)ccc1C(=O)N1CCC(CCC(=O)O)C1. The quantitative estimate of drug-likeness (QED) is 0.881. The molecule has 1 N–H and O–H groups in total. The molecule has 5 nitrogen and oxygen atoms in total. The van der Waals surface area contributed by atoms with Crippen LogP contribution in [0.4, 0.5) is 0 Å². The van der Waals surface area contributed by atoms with E-state index in [1.165, 1.54) is 7.11 Å². The van der Waals surface area contributed by atoms with E-state index >= 15 is 0 Å². The zero-order valence-electron chi connectivity index (χ0n) is 11.8. The van der Waals surface area contributed by atoms with Gasteiger partial charge in [0, 0.05) is 24.0 Å². The maximum absolute atomic E-state index is 12.5. The van der Waals surface area contributed by atoms with Crippen LogP contribution in [0, 0.1) is 5.92 Å². The number of benzene rings is 1. The number of amides is 1. The van der Waals surface area contributed by atoms with Gasteiger partial charge in [0.1, 0.15) is 5.75 Å². The first-order chi connectivity index (χ1) is 10.0. The van der Waals surface area contributed by atoms with Crippen molar-refractivity contribution in [2.45, 2.75) is 19.3 Å². The molecule has 0 bridgehead atoms. The number of halogens is 1. The molecule has 1 unspecified atom stereocenters. The van der Waals surface area contributed by atoms with Crippen LogP contribution in [0.5, 0.6) is 5.75 Å². The number of carboxylic acids is 1. The topological polar surface area (TPSA) is 66.8 Å². The van der Waals surface area contributed by atoms with Crippen molar-refractivity contribution in [3.8, 4) is 5.75 Å². The van der Waals surface area contributed by atoms with Gasteiger partial charge in [0.05, 0.1) is 12.7 Å². The number of carboxylic acid groups (broad SMARTS) is 1. The van der Waals surface area contributed by atoms with Gasteiger partial charge in [0.25, 0.3) is 5.91 Å². The fraction of sp³-hybridized carbons (Fsp3) is 0.467. The molecule has 0 radical (unpaired) electrons. The van der Waals surface area contributed by atoms with Crippen LogP contribution < -0.4 is 4.74 Å². The molecule has 0 aliphatic carbocycles. The molecule has 1 heterocycles. The third-order valence-electron chi connectivity index (χ3n) is 3.73. The van der Waals surface area contributed by atoms with E-state index < -0.39 is 5.97 Å². The largest absolute Gasteiger partial charge is 0.496 e. The number of methoxy groups -OCH3 is 1. The zero-order valence-corrected chi connectivity index (χ0v) is 13.4. The van der Waals surface area contributed by atoms with E-state index in [0.717, 1.165) is 10.9 Å². The number of rotatable bonds is 5. The standard InChI is InChI=1S/C15H18BrNO4/c1-21-13-8-11(16)3-4-12(13)15(20)17-7-6-10(9-17)2-5-14(18)19/h3-4,8,10H,2,5-7,9H2,1H3,(H,18,19). The third kappa shape index (κ3) is 3.97. The molecule has 1 aliphatic rings. The van der Waals surface area contributed by atoms with Crippen molar-refractivity contribution in [3.05, 3.63) is 28.2 Å². The van der Waals surface area contributed by atoms with Gasteiger partial charge >= 0.3 is 5.97 Å². The lowest BCUT2D eigenvalue weighted by Crippen LogP contribution is -2.29. The molecule has 1 aliphatic heterocycles. The highest BCUT2D eigenvalue weighted by Gasteiger charge is 2.28. The molecule has 1 saturated heterocycles. The van der Waals surface area contributed by atoms with E-state index in [4.69, 9.17) is 9.84 Å². The Labute approximate surface area is 132 Å². The number of carbonyl (C=O) groups is 2. The molecule has 1 aromatic carbocycles. The Balaban J connectivity index is 2.03. The van der Waals surface area contributed by atoms with Crippen LogP contribution in [0.1, 0.15) is 29.6 Å². The average Bonchev–Trinajstić information content (AvgIpc) is 2.93. The minimum absolute atomic E-state index is 0.0582. The van der Waals surface area contributed by atoms with Crippen molar-refractivity contribution in [2.24, 2.45) is 5.92 Å². The van der Waals surface area contributed by atoms with Crippen LogP contribution in [0.3, 0.4) is 0 Å². The third-order valence-corrected chi connectivity index (χ3v) is 4.23. The van der Waals surface area contributed by atoms with Gasteiger partial charge in [-0.1, -0.05) is 15.9 Å². The second-order valence-corrected chi connectivity index (χ2v) is 6.10. The van der Waals surface area contributed by atoms with Gasteiger partial charge in [-0.25, -0.2) is 0 Å². The summed E-state index contributed by atoms with van der Waals surface area (Å²) in [7, 11) is 1.54. The molecule has 1 amide bonds. The zero-order chi connectivity index (χ0) is 15.4. The Morgan fingerprint density at radius 3 is 2.90 bits per heavy atom. The van der Waals surface area contributed by atoms with Crippen LogP contribution in [-0.2, 0) is 4.79 Å². The monoisotopic (exact) mass is 355 g/mol. The highest BCUT2D eigenvalue weighted by atomic mass is 79.9. The molecular weight excluding hydrogens is 338 g/mol. The lowest BCUT2D eigenvalue weighted by atomic mass is 10.0. The van der Waals surface area contributed by atoms with Crippen molar-refractivity contribution in [1.29, 1.82) is 0 Å². The molecule has 2 rings (SSSR count). The number of aliphatic carboxylic acids is 1. The van der Waals surface area contributed by atoms with Gasteiger partial charge in [0.2, 0.25) is 0 Å². The molecule has 0 saturated carbocycles. The summed E-state index contributed by atoms with van der Waals surface area (Å²) in [6.07, 6.45) is 1.64. The van der Waals surface area contributed by atoms with Crippen molar-refractivity contribution >= 4 is 27.8 Å². The molecule has 1 atom stereocenters. The van der Waals surface area contributed by atoms with Gasteiger partial charge in [0.15, 0.2) is 0 Å². The molecule has 6 heteroatoms. The Bertz CT molecular complexity index is 546. The highest BCUT2D eigenvalue weighted by Crippen LogP contribution is 2.28. The fourth-order valence-corrected chi connectivity index (χ4v) is 2.93. The first-order valence-corrected chi connectivity index (χ1v) is 7.65. The predicted molar refractivity (Wildman–Crippen MR) is 81.6 cm³/mol. The first-order valence-electron chi connectivity index (χ1n) is 6.86. The van der Waals surface area contributed by atoms with Crippen molar-refractivity contribution in [2.75, 3.05) is 20.2 Å². The summed E-state index contributed by atoms with van der Waals surface area (Å²) in [6, 6.07) is 5.33. The molecule has 114 valence electrons. The Hall–Kier alpha value is -1.56. The molecule has 1 fully saturated rings. The summed E-state index contributed by atoms with van der Waals surface area (Å²) in [6.45, 7) is 1.29. The van der Waals surface area contributed by atoms with Crippen molar-refractivity contribution in [1.82, 2.24) is 4.90 Å². The molecular formula is C15H18BrNO4. The van der Waals surface area contributed by atoms with E-state index in [0.29, 0.717) is 30.8 Å². The summed E-state index contributed by atoms with van der Waals surface area (Å²) in [5, 5.41) is 8.72. The number of ether oxygens (including phenoxy) is 1. The van der Waals surface area contributed by atoms with Gasteiger partial charge in [-0.2, -0.15) is 0 Å². The number of carbonyl (C=O) groups excluding carboxylic acids is 1. The lowest BCUT2D eigenvalue weighted by molar-refractivity contribution is -0.137. The normalized spacial score (nSPS) is 17.8. The summed E-state index contributed by atoms with van der Waals surface area (Å²) in [5.41, 5.74) is 0.541. The van der Waals surface area contributed by atoms with E-state index in [-0.39, 0.29) is 18.2 Å². The minimum Gasteiger partial charge on any atom is -0.496 e. The van der Waals surface area contributed by atoms with Crippen molar-refractivity contribution < 1.29 is 19.4 Å². The van der Waals surface area contributed by atoms with Gasteiger partial charge < -0.3 is 14.7 Å². The Morgan fingerprint density at radius 2 is 2.24 bits per heavy atom. The van der Waals surface area contributed by atoms with Crippen LogP contribution in [-0.4, -0.2) is 42.1 Å². The molecule has 1 aromatic rings. The van der Waals surface area contributed by atoms with Crippen LogP contribution in [0.25, 0.3) is 0 Å². The summed E-state index contributed by atoms with van der Waals surface area (Å²) in [4.78, 5) is 24.9. The maximum Gasteiger partial charge on any atom is 0.303 e. The highest BCUT2D eigenvalue weighted by molar-refractivity contribution is 9.10. The Kier molecular flexibility index (Phi) is 5.22. The smallest absolute Gasteiger partial charge is 0.303 e. The summed E-state index contributed by atoms with van der Waals surface area (Å²) < 4.78 is 6.12. The first kappa shape index (κ1) is 15.8. The second kappa shape index (κ2) is 6.93. The van der Waals surface area contributed by atoms with Crippen LogP contribution >= 0.6 is 15.9 Å². The fourth-order valence-electron chi connectivity index (χ4n) is 2.59. The number of nitrogens with zero attached hydrogens (tertiary/aromatic N) is 1. The Morgan fingerprint density at radius 1 is 1.48 bits per heavy atom. The summed E-state index contributed by atoms with van der Waals surface area (Å²) in [5.74, 6) is -0.0265. The number of likely N-dealkylation sites (tertiary alicyclic amines) is 1. The predicted octanol–water partition coefficient (Wildman–Crippen LogP) is 2.78. The van der Waals surface area contributed by atoms with Gasteiger partial charge in [-0.15, -0.1) is 0 Å².